The van der Waals surface area contributed by atoms with Gasteiger partial charge in [0, 0.05) is 43.9 Å². The Bertz CT molecular complexity index is 1210. The molecule has 1 fully saturated rings. The van der Waals surface area contributed by atoms with Crippen molar-refractivity contribution in [1.82, 2.24) is 20.0 Å². The summed E-state index contributed by atoms with van der Waals surface area (Å²) in [5.41, 5.74) is 1.92. The summed E-state index contributed by atoms with van der Waals surface area (Å²) in [6.45, 7) is 5.01. The van der Waals surface area contributed by atoms with Crippen LogP contribution < -0.4 is 4.90 Å². The van der Waals surface area contributed by atoms with Crippen LogP contribution in [0.2, 0.25) is 5.02 Å². The highest BCUT2D eigenvalue weighted by atomic mass is 35.5. The van der Waals surface area contributed by atoms with Gasteiger partial charge in [-0.1, -0.05) is 43.1 Å². The van der Waals surface area contributed by atoms with Crippen LogP contribution in [-0.2, 0) is 4.79 Å². The first kappa shape index (κ1) is 26.5. The number of rotatable bonds is 8. The normalized spacial score (nSPS) is 13.8. The fourth-order valence-electron chi connectivity index (χ4n) is 4.34. The summed E-state index contributed by atoms with van der Waals surface area (Å²) in [5, 5.41) is 9.40. The standard InChI is InChI=1S/C28H31ClFN5O2/c1-2-3-15-35(28(37)21-9-11-22(30)12-10-21)20-27(36)34-17-6-16-33(18-19-34)26-14-13-25(31-32-26)23-7-4-5-8-24(23)29/h4-5,7-14H,2-3,6,15-20H2,1H3. The number of anilines is 1. The maximum atomic E-state index is 13.3. The number of carbonyl (C=O) groups excluding carboxylic acids is 2. The van der Waals surface area contributed by atoms with Crippen LogP contribution in [0, 0.1) is 5.82 Å². The van der Waals surface area contributed by atoms with E-state index in [2.05, 4.69) is 15.1 Å². The number of hydrogen-bond acceptors (Lipinski definition) is 5. The zero-order valence-corrected chi connectivity index (χ0v) is 21.7. The summed E-state index contributed by atoms with van der Waals surface area (Å²) in [4.78, 5) is 31.7. The van der Waals surface area contributed by atoms with Crippen molar-refractivity contribution in [3.8, 4) is 11.3 Å². The van der Waals surface area contributed by atoms with Gasteiger partial charge in [-0.25, -0.2) is 4.39 Å². The van der Waals surface area contributed by atoms with Crippen LogP contribution in [0.3, 0.4) is 0 Å². The lowest BCUT2D eigenvalue weighted by Crippen LogP contribution is -2.44. The topological polar surface area (TPSA) is 69.6 Å². The van der Waals surface area contributed by atoms with Gasteiger partial charge in [-0.05, 0) is 55.3 Å². The number of unbranched alkanes of at least 4 members (excludes halogenated alkanes) is 1. The van der Waals surface area contributed by atoms with E-state index in [0.717, 1.165) is 37.2 Å². The Hall–Kier alpha value is -3.52. The van der Waals surface area contributed by atoms with E-state index in [9.17, 15) is 14.0 Å². The van der Waals surface area contributed by atoms with Crippen LogP contribution in [-0.4, -0.2) is 71.1 Å². The largest absolute Gasteiger partial charge is 0.353 e. The summed E-state index contributed by atoms with van der Waals surface area (Å²) < 4.78 is 13.3. The van der Waals surface area contributed by atoms with Crippen molar-refractivity contribution in [2.24, 2.45) is 0 Å². The third-order valence-electron chi connectivity index (χ3n) is 6.46. The van der Waals surface area contributed by atoms with Crippen molar-refractivity contribution in [2.75, 3.05) is 44.2 Å². The molecule has 1 aliphatic rings. The Balaban J connectivity index is 1.38. The maximum Gasteiger partial charge on any atom is 0.254 e. The van der Waals surface area contributed by atoms with E-state index in [-0.39, 0.29) is 18.4 Å². The lowest BCUT2D eigenvalue weighted by Gasteiger charge is -2.27. The smallest absolute Gasteiger partial charge is 0.254 e. The van der Waals surface area contributed by atoms with Crippen molar-refractivity contribution in [3.63, 3.8) is 0 Å². The maximum absolute atomic E-state index is 13.3. The zero-order valence-electron chi connectivity index (χ0n) is 20.9. The van der Waals surface area contributed by atoms with E-state index < -0.39 is 5.82 Å². The van der Waals surface area contributed by atoms with E-state index in [1.807, 2.05) is 48.2 Å². The molecule has 0 spiro atoms. The highest BCUT2D eigenvalue weighted by molar-refractivity contribution is 6.33. The fraction of sp³-hybridized carbons (Fsp3) is 0.357. The number of benzene rings is 2. The van der Waals surface area contributed by atoms with Crippen LogP contribution >= 0.6 is 11.6 Å². The Morgan fingerprint density at radius 2 is 1.76 bits per heavy atom. The molecule has 2 amide bonds. The molecule has 7 nitrogen and oxygen atoms in total. The van der Waals surface area contributed by atoms with Crippen LogP contribution in [0.15, 0.2) is 60.7 Å². The predicted molar refractivity (Wildman–Crippen MR) is 143 cm³/mol. The predicted octanol–water partition coefficient (Wildman–Crippen LogP) is 4.92. The highest BCUT2D eigenvalue weighted by Crippen LogP contribution is 2.26. The molecule has 0 radical (unpaired) electrons. The van der Waals surface area contributed by atoms with Crippen LogP contribution in [0.5, 0.6) is 0 Å². The molecule has 0 N–H and O–H groups in total. The number of halogens is 2. The summed E-state index contributed by atoms with van der Waals surface area (Å²) in [5.74, 6) is 0.00640. The molecular formula is C28H31ClFN5O2. The van der Waals surface area contributed by atoms with Gasteiger partial charge in [0.15, 0.2) is 5.82 Å². The lowest BCUT2D eigenvalue weighted by atomic mass is 10.1. The highest BCUT2D eigenvalue weighted by Gasteiger charge is 2.24. The van der Waals surface area contributed by atoms with Gasteiger partial charge in [0.1, 0.15) is 12.4 Å². The van der Waals surface area contributed by atoms with Crippen LogP contribution in [0.1, 0.15) is 36.5 Å². The first-order valence-corrected chi connectivity index (χ1v) is 13.0. The van der Waals surface area contributed by atoms with Gasteiger partial charge in [-0.3, -0.25) is 9.59 Å². The van der Waals surface area contributed by atoms with Gasteiger partial charge in [-0.2, -0.15) is 0 Å². The number of nitrogens with zero attached hydrogens (tertiary/aromatic N) is 5. The van der Waals surface area contributed by atoms with E-state index >= 15 is 0 Å². The number of aromatic nitrogens is 2. The monoisotopic (exact) mass is 523 g/mol. The molecule has 1 saturated heterocycles. The fourth-order valence-corrected chi connectivity index (χ4v) is 4.57. The molecule has 2 aromatic carbocycles. The quantitative estimate of drug-likeness (QED) is 0.419. The van der Waals surface area contributed by atoms with Crippen LogP contribution in [0.4, 0.5) is 10.2 Å². The molecule has 194 valence electrons. The molecule has 0 saturated carbocycles. The van der Waals surface area contributed by atoms with E-state index in [0.29, 0.717) is 42.5 Å². The molecule has 0 unspecified atom stereocenters. The number of amides is 2. The van der Waals surface area contributed by atoms with Crippen molar-refractivity contribution in [3.05, 3.63) is 77.1 Å². The molecule has 37 heavy (non-hydrogen) atoms. The van der Waals surface area contributed by atoms with Gasteiger partial charge in [-0.15, -0.1) is 10.2 Å². The average Bonchev–Trinajstić information content (AvgIpc) is 3.18. The summed E-state index contributed by atoms with van der Waals surface area (Å²) in [6, 6.07) is 16.8. The number of carbonyl (C=O) groups is 2. The summed E-state index contributed by atoms with van der Waals surface area (Å²) in [6.07, 6.45) is 2.47. The van der Waals surface area contributed by atoms with E-state index in [4.69, 9.17) is 11.6 Å². The second-order valence-corrected chi connectivity index (χ2v) is 9.47. The third-order valence-corrected chi connectivity index (χ3v) is 6.79. The minimum absolute atomic E-state index is 0.00253. The van der Waals surface area contributed by atoms with E-state index in [1.165, 1.54) is 24.3 Å². The number of hydrogen-bond donors (Lipinski definition) is 0. The molecule has 1 aromatic heterocycles. The first-order chi connectivity index (χ1) is 18.0. The van der Waals surface area contributed by atoms with Gasteiger partial charge < -0.3 is 14.7 Å². The second-order valence-electron chi connectivity index (χ2n) is 9.07. The minimum Gasteiger partial charge on any atom is -0.353 e. The minimum atomic E-state index is -0.398. The Labute approximate surface area is 221 Å². The molecule has 3 aromatic rings. The third kappa shape index (κ3) is 6.83. The van der Waals surface area contributed by atoms with Crippen molar-refractivity contribution in [1.29, 1.82) is 0 Å². The Kier molecular flexibility index (Phi) is 9.06. The molecule has 9 heteroatoms. The molecule has 1 aliphatic heterocycles. The second kappa shape index (κ2) is 12.6. The van der Waals surface area contributed by atoms with Gasteiger partial charge in [0.05, 0.1) is 10.7 Å². The molecular weight excluding hydrogens is 493 g/mol. The zero-order chi connectivity index (χ0) is 26.2. The molecule has 2 heterocycles. The van der Waals surface area contributed by atoms with Gasteiger partial charge in [0.2, 0.25) is 5.91 Å². The van der Waals surface area contributed by atoms with Crippen LogP contribution in [0.25, 0.3) is 11.3 Å². The average molecular weight is 524 g/mol. The SMILES string of the molecule is CCCCN(CC(=O)N1CCCN(c2ccc(-c3ccccc3Cl)nn2)CC1)C(=O)c1ccc(F)cc1. The molecule has 4 rings (SSSR count). The van der Waals surface area contributed by atoms with Crippen molar-refractivity contribution >= 4 is 29.2 Å². The van der Waals surface area contributed by atoms with Crippen molar-refractivity contribution < 1.29 is 14.0 Å². The summed E-state index contributed by atoms with van der Waals surface area (Å²) >= 11 is 6.28. The Morgan fingerprint density at radius 3 is 2.46 bits per heavy atom. The van der Waals surface area contributed by atoms with Gasteiger partial charge >= 0.3 is 0 Å². The lowest BCUT2D eigenvalue weighted by molar-refractivity contribution is -0.131. The Morgan fingerprint density at radius 1 is 0.973 bits per heavy atom. The molecule has 0 atom stereocenters. The van der Waals surface area contributed by atoms with Gasteiger partial charge in [0.25, 0.3) is 5.91 Å². The first-order valence-electron chi connectivity index (χ1n) is 12.6. The molecule has 0 aliphatic carbocycles. The molecule has 0 bridgehead atoms. The summed E-state index contributed by atoms with van der Waals surface area (Å²) in [7, 11) is 0. The van der Waals surface area contributed by atoms with Crippen molar-refractivity contribution in [2.45, 2.75) is 26.2 Å². The van der Waals surface area contributed by atoms with E-state index in [1.54, 1.807) is 4.90 Å².